The van der Waals surface area contributed by atoms with Crippen molar-refractivity contribution in [2.24, 2.45) is 0 Å². The topological polar surface area (TPSA) is 152 Å². The van der Waals surface area contributed by atoms with E-state index >= 15 is 0 Å². The molecule has 0 atom stereocenters. The molecule has 3 heterocycles. The van der Waals surface area contributed by atoms with Gasteiger partial charge >= 0.3 is 6.01 Å². The van der Waals surface area contributed by atoms with E-state index in [0.717, 1.165) is 50.6 Å². The van der Waals surface area contributed by atoms with E-state index in [-0.39, 0.29) is 34.7 Å². The van der Waals surface area contributed by atoms with Crippen LogP contribution in [0.25, 0.3) is 11.4 Å². The van der Waals surface area contributed by atoms with Crippen molar-refractivity contribution in [1.29, 1.82) is 0 Å². The number of sulfonamides is 1. The number of ether oxygens (including phenoxy) is 1. The number of rotatable bonds is 7. The maximum absolute atomic E-state index is 14.1. The van der Waals surface area contributed by atoms with Gasteiger partial charge in [-0.05, 0) is 42.7 Å². The van der Waals surface area contributed by atoms with Crippen LogP contribution in [0.15, 0.2) is 23.1 Å². The van der Waals surface area contributed by atoms with Gasteiger partial charge in [-0.25, -0.2) is 17.5 Å². The highest BCUT2D eigenvalue weighted by atomic mass is 32.2. The zero-order valence-electron chi connectivity index (χ0n) is 16.6. The summed E-state index contributed by atoms with van der Waals surface area (Å²) in [5, 5.41) is 12.9. The normalized spacial score (nSPS) is 14.6. The first-order chi connectivity index (χ1) is 15.0. The van der Waals surface area contributed by atoms with E-state index in [4.69, 9.17) is 4.74 Å². The van der Waals surface area contributed by atoms with Crippen molar-refractivity contribution in [2.45, 2.75) is 30.7 Å². The number of benzene rings is 1. The number of methoxy groups -OCH3 is 1. The van der Waals surface area contributed by atoms with Crippen LogP contribution in [0, 0.1) is 5.82 Å². The number of tetrazole rings is 1. The van der Waals surface area contributed by atoms with Crippen molar-refractivity contribution in [3.8, 4) is 17.4 Å². The van der Waals surface area contributed by atoms with Crippen LogP contribution >= 0.6 is 0 Å². The van der Waals surface area contributed by atoms with Crippen molar-refractivity contribution in [2.75, 3.05) is 25.1 Å². The largest absolute Gasteiger partial charge is 0.467 e. The molecule has 0 radical (unpaired) electrons. The third kappa shape index (κ3) is 4.74. The van der Waals surface area contributed by atoms with Gasteiger partial charge in [0.1, 0.15) is 5.82 Å². The van der Waals surface area contributed by atoms with E-state index in [1.807, 2.05) is 4.90 Å². The molecule has 2 N–H and O–H groups in total. The van der Waals surface area contributed by atoms with Crippen LogP contribution in [-0.4, -0.2) is 64.2 Å². The summed E-state index contributed by atoms with van der Waals surface area (Å²) in [6, 6.07) is 3.41. The molecule has 0 spiro atoms. The van der Waals surface area contributed by atoms with Gasteiger partial charge in [-0.2, -0.15) is 20.2 Å². The Kier molecular flexibility index (Phi) is 5.99. The van der Waals surface area contributed by atoms with Crippen LogP contribution in [0.1, 0.15) is 25.1 Å². The van der Waals surface area contributed by atoms with Gasteiger partial charge < -0.3 is 9.64 Å². The summed E-state index contributed by atoms with van der Waals surface area (Å²) in [5.74, 6) is -0.0740. The van der Waals surface area contributed by atoms with Crippen molar-refractivity contribution in [3.63, 3.8) is 0 Å². The average Bonchev–Trinajstić information content (AvgIpc) is 3.33. The summed E-state index contributed by atoms with van der Waals surface area (Å²) in [5.41, 5.74) is -0.0918. The maximum Gasteiger partial charge on any atom is 0.321 e. The molecule has 1 aliphatic heterocycles. The summed E-state index contributed by atoms with van der Waals surface area (Å²) in [6.45, 7) is 1.43. The van der Waals surface area contributed by atoms with Crippen molar-refractivity contribution in [1.82, 2.24) is 40.3 Å². The number of nitrogens with zero attached hydrogens (tertiary/aromatic N) is 7. The molecule has 0 bridgehead atoms. The fraction of sp³-hybridized carbons (Fsp3) is 0.412. The number of aromatic nitrogens is 7. The second kappa shape index (κ2) is 8.85. The molecule has 0 saturated carbocycles. The predicted molar refractivity (Wildman–Crippen MR) is 106 cm³/mol. The number of halogens is 1. The van der Waals surface area contributed by atoms with Gasteiger partial charge in [0.2, 0.25) is 21.8 Å². The van der Waals surface area contributed by atoms with Crippen molar-refractivity contribution >= 4 is 16.0 Å². The summed E-state index contributed by atoms with van der Waals surface area (Å²) >= 11 is 0. The molecule has 0 aliphatic carbocycles. The first kappa shape index (κ1) is 21.0. The first-order valence-electron chi connectivity index (χ1n) is 9.53. The monoisotopic (exact) mass is 449 g/mol. The zero-order chi connectivity index (χ0) is 21.8. The van der Waals surface area contributed by atoms with Gasteiger partial charge in [0.25, 0.3) is 0 Å². The second-order valence-corrected chi connectivity index (χ2v) is 8.55. The Morgan fingerprint density at radius 2 is 2.00 bits per heavy atom. The maximum atomic E-state index is 14.1. The van der Waals surface area contributed by atoms with E-state index in [9.17, 15) is 12.8 Å². The van der Waals surface area contributed by atoms with Gasteiger partial charge in [-0.1, -0.05) is 0 Å². The minimum atomic E-state index is -4.00. The summed E-state index contributed by atoms with van der Waals surface area (Å²) in [7, 11) is -2.57. The van der Waals surface area contributed by atoms with Gasteiger partial charge in [0.15, 0.2) is 5.82 Å². The Bertz CT molecular complexity index is 1150. The second-order valence-electron chi connectivity index (χ2n) is 6.79. The van der Waals surface area contributed by atoms with Gasteiger partial charge in [-0.15, -0.1) is 10.2 Å². The predicted octanol–water partition coefficient (Wildman–Crippen LogP) is 0.668. The van der Waals surface area contributed by atoms with E-state index in [2.05, 4.69) is 40.3 Å². The molecule has 1 fully saturated rings. The van der Waals surface area contributed by atoms with Crippen LogP contribution in [-0.2, 0) is 16.6 Å². The molecule has 0 unspecified atom stereocenters. The standard InChI is InChI=1S/C17H20FN9O3S/c1-30-17-21-14(20-16(22-17)27-7-3-2-4-8-27)10-19-31(28,29)11-5-6-13(18)12(9-11)15-23-25-26-24-15/h5-6,9,19H,2-4,7-8,10H2,1H3,(H,23,24,25,26). The van der Waals surface area contributed by atoms with E-state index in [0.29, 0.717) is 5.95 Å². The van der Waals surface area contributed by atoms with Crippen molar-refractivity contribution < 1.29 is 17.5 Å². The summed E-state index contributed by atoms with van der Waals surface area (Å²) in [6.07, 6.45) is 3.21. The van der Waals surface area contributed by atoms with Gasteiger partial charge in [-0.3, -0.25) is 0 Å². The van der Waals surface area contributed by atoms with Crippen LogP contribution in [0.3, 0.4) is 0 Å². The fourth-order valence-corrected chi connectivity index (χ4v) is 4.16. The zero-order valence-corrected chi connectivity index (χ0v) is 17.4. The molecular formula is C17H20FN9O3S. The molecule has 31 heavy (non-hydrogen) atoms. The molecule has 12 nitrogen and oxygen atoms in total. The molecule has 2 aromatic heterocycles. The molecule has 164 valence electrons. The highest BCUT2D eigenvalue weighted by Crippen LogP contribution is 2.23. The Balaban J connectivity index is 1.55. The molecule has 4 rings (SSSR count). The van der Waals surface area contributed by atoms with Gasteiger partial charge in [0.05, 0.1) is 24.1 Å². The SMILES string of the molecule is COc1nc(CNS(=O)(=O)c2ccc(F)c(-c3nn[nH]n3)c2)nc(N2CCCCC2)n1. The lowest BCUT2D eigenvalue weighted by Gasteiger charge is -2.26. The number of H-pyrrole nitrogens is 1. The van der Waals surface area contributed by atoms with Crippen LogP contribution in [0.4, 0.5) is 10.3 Å². The number of hydrogen-bond donors (Lipinski definition) is 2. The molecular weight excluding hydrogens is 429 g/mol. The van der Waals surface area contributed by atoms with E-state index in [1.54, 1.807) is 0 Å². The molecule has 3 aromatic rings. The number of anilines is 1. The van der Waals surface area contributed by atoms with E-state index in [1.165, 1.54) is 7.11 Å². The molecule has 1 saturated heterocycles. The van der Waals surface area contributed by atoms with Crippen LogP contribution < -0.4 is 14.4 Å². The minimum Gasteiger partial charge on any atom is -0.467 e. The molecule has 1 aliphatic rings. The highest BCUT2D eigenvalue weighted by molar-refractivity contribution is 7.89. The first-order valence-corrected chi connectivity index (χ1v) is 11.0. The van der Waals surface area contributed by atoms with E-state index < -0.39 is 15.8 Å². The summed E-state index contributed by atoms with van der Waals surface area (Å²) in [4.78, 5) is 14.6. The highest BCUT2D eigenvalue weighted by Gasteiger charge is 2.21. The number of hydrogen-bond acceptors (Lipinski definition) is 10. The lowest BCUT2D eigenvalue weighted by molar-refractivity contribution is 0.374. The van der Waals surface area contributed by atoms with Crippen LogP contribution in [0.5, 0.6) is 6.01 Å². The molecule has 14 heteroatoms. The fourth-order valence-electron chi connectivity index (χ4n) is 3.15. The Labute approximate surface area is 177 Å². The van der Waals surface area contributed by atoms with Crippen LogP contribution in [0.2, 0.25) is 0 Å². The minimum absolute atomic E-state index is 0.0528. The lowest BCUT2D eigenvalue weighted by atomic mass is 10.1. The Morgan fingerprint density at radius 1 is 1.19 bits per heavy atom. The quantitative estimate of drug-likeness (QED) is 0.526. The lowest BCUT2D eigenvalue weighted by Crippen LogP contribution is -2.32. The number of nitrogens with one attached hydrogen (secondary N) is 2. The number of piperidine rings is 1. The Hall–Kier alpha value is -3.26. The van der Waals surface area contributed by atoms with Crippen molar-refractivity contribution in [3.05, 3.63) is 29.8 Å². The summed E-state index contributed by atoms with van der Waals surface area (Å²) < 4.78 is 47.2. The average molecular weight is 449 g/mol. The third-order valence-corrected chi connectivity index (χ3v) is 6.12. The Morgan fingerprint density at radius 3 is 2.71 bits per heavy atom. The van der Waals surface area contributed by atoms with Gasteiger partial charge in [0, 0.05) is 13.1 Å². The third-order valence-electron chi connectivity index (χ3n) is 4.73. The molecule has 0 amide bonds. The number of aromatic amines is 1. The molecule has 1 aromatic carbocycles. The smallest absolute Gasteiger partial charge is 0.321 e.